The van der Waals surface area contributed by atoms with Gasteiger partial charge in [-0.25, -0.2) is 0 Å². The van der Waals surface area contributed by atoms with Gasteiger partial charge in [-0.15, -0.1) is 0 Å². The monoisotopic (exact) mass is 800 g/mol. The minimum absolute atomic E-state index is 0.402. The maximum Gasteiger partial charge on any atom is 0.0540 e. The molecule has 0 atom stereocenters. The number of fused-ring (bicyclic) bond motifs is 4. The van der Waals surface area contributed by atoms with Crippen molar-refractivity contribution in [2.75, 3.05) is 9.80 Å². The number of hydrogen-bond acceptors (Lipinski definition) is 2. The molecule has 0 saturated carbocycles. The van der Waals surface area contributed by atoms with E-state index in [4.69, 9.17) is 11.0 Å². The first-order chi connectivity index (χ1) is 33.7. The van der Waals surface area contributed by atoms with Gasteiger partial charge in [-0.1, -0.05) is 158 Å². The lowest BCUT2D eigenvalue weighted by Crippen LogP contribution is -2.11. The third-order valence-electron chi connectivity index (χ3n) is 12.2. The van der Waals surface area contributed by atoms with Crippen LogP contribution >= 0.6 is 0 Å². The fraction of sp³-hybridized carbons (Fsp3) is 0.0667. The lowest BCUT2D eigenvalue weighted by atomic mass is 9.86. The minimum Gasteiger partial charge on any atom is -0.310 e. The quantitative estimate of drug-likeness (QED) is 0.143. The van der Waals surface area contributed by atoms with Crippen molar-refractivity contribution in [3.63, 3.8) is 0 Å². The smallest absolute Gasteiger partial charge is 0.0540 e. The molecule has 10 aromatic carbocycles. The average Bonchev–Trinajstić information content (AvgIpc) is 3.39. The highest BCUT2D eigenvalue weighted by atomic mass is 15.1. The second-order valence-electron chi connectivity index (χ2n) is 15.9. The van der Waals surface area contributed by atoms with E-state index < -0.39 is 25.5 Å². The number of benzene rings is 10. The molecule has 0 amide bonds. The maximum absolute atomic E-state index is 8.37. The molecule has 0 saturated heterocycles. The first-order valence-corrected chi connectivity index (χ1v) is 21.0. The van der Waals surface area contributed by atoms with Crippen LogP contribution in [0.4, 0.5) is 34.1 Å². The van der Waals surface area contributed by atoms with E-state index in [9.17, 15) is 0 Å². The van der Waals surface area contributed by atoms with Crippen molar-refractivity contribution in [2.24, 2.45) is 0 Å². The van der Waals surface area contributed by atoms with Crippen LogP contribution in [0.3, 0.4) is 0 Å². The molecular formula is C60H44N2. The Morgan fingerprint density at radius 2 is 0.581 bits per heavy atom. The Bertz CT molecular complexity index is 3410. The van der Waals surface area contributed by atoms with E-state index in [-0.39, 0.29) is 0 Å². The Labute approximate surface area is 374 Å². The van der Waals surface area contributed by atoms with Gasteiger partial charge in [-0.05, 0) is 153 Å². The number of hydrogen-bond donors (Lipinski definition) is 0. The number of rotatable bonds is 9. The van der Waals surface area contributed by atoms with Gasteiger partial charge in [0.05, 0.1) is 11.4 Å². The molecule has 62 heavy (non-hydrogen) atoms. The molecule has 10 aromatic rings. The summed E-state index contributed by atoms with van der Waals surface area (Å²) < 4.78 is 66.3. The summed E-state index contributed by atoms with van der Waals surface area (Å²) in [6, 6.07) is 73.9. The van der Waals surface area contributed by atoms with Crippen molar-refractivity contribution in [1.29, 1.82) is 0 Å². The van der Waals surface area contributed by atoms with Crippen molar-refractivity contribution in [2.45, 2.75) is 25.5 Å². The molecule has 2 aliphatic carbocycles. The highest BCUT2D eigenvalue weighted by molar-refractivity contribution is 6.00. The Morgan fingerprint density at radius 1 is 0.274 bits per heavy atom. The van der Waals surface area contributed by atoms with Crippen molar-refractivity contribution < 1.29 is 11.0 Å². The van der Waals surface area contributed by atoms with Gasteiger partial charge in [-0.3, -0.25) is 0 Å². The topological polar surface area (TPSA) is 6.48 Å². The number of nitrogens with zero attached hydrogens (tertiary/aromatic N) is 2. The zero-order chi connectivity index (χ0) is 48.2. The molecule has 2 nitrogen and oxygen atoms in total. The lowest BCUT2D eigenvalue weighted by molar-refractivity contribution is 0.840. The third-order valence-corrected chi connectivity index (χ3v) is 12.2. The van der Waals surface area contributed by atoms with Crippen LogP contribution in [0, 0.1) is 0 Å². The summed E-state index contributed by atoms with van der Waals surface area (Å²) in [7, 11) is 0. The van der Waals surface area contributed by atoms with Gasteiger partial charge in [0.25, 0.3) is 0 Å². The largest absolute Gasteiger partial charge is 0.310 e. The molecule has 0 unspecified atom stereocenters. The van der Waals surface area contributed by atoms with Gasteiger partial charge in [0, 0.05) is 44.5 Å². The van der Waals surface area contributed by atoms with E-state index in [1.807, 2.05) is 48.5 Å². The van der Waals surface area contributed by atoms with Crippen LogP contribution in [0.2, 0.25) is 0 Å². The fourth-order valence-electron chi connectivity index (χ4n) is 8.89. The van der Waals surface area contributed by atoms with Crippen molar-refractivity contribution in [3.05, 3.63) is 241 Å². The molecule has 0 aliphatic heterocycles. The van der Waals surface area contributed by atoms with Gasteiger partial charge >= 0.3 is 0 Å². The standard InChI is InChI=1S/C60H44N2/c1-3-11-57-47(7-1)9-5-13-59(57)61(55-35-27-45(28-36-55)51-21-17-43-15-19-49(43)39-51)53-31-23-41(24-32-53)42-25-33-54(34-26-42)62(60-14-6-10-48-8-2-4-12-58(48)60)56-37-29-46(30-38-56)52-22-18-44-16-20-50(44)40-52/h1-14,17-18,21-40H,15-16,19-20H2/i15D2,16D2,19D2,20D2. The first-order valence-electron chi connectivity index (χ1n) is 25.0. The van der Waals surface area contributed by atoms with Crippen molar-refractivity contribution in [3.8, 4) is 33.4 Å². The minimum atomic E-state index is -2.04. The van der Waals surface area contributed by atoms with Gasteiger partial charge in [0.2, 0.25) is 0 Å². The zero-order valence-corrected chi connectivity index (χ0v) is 33.7. The third kappa shape index (κ3) is 6.44. The predicted octanol–water partition coefficient (Wildman–Crippen LogP) is 16.1. The van der Waals surface area contributed by atoms with E-state index in [1.165, 1.54) is 0 Å². The average molecular weight is 801 g/mol. The normalized spacial score (nSPS) is 17.7. The number of aryl methyl sites for hydroxylation is 4. The summed E-state index contributed by atoms with van der Waals surface area (Å²) in [4.78, 5) is 4.52. The molecule has 0 N–H and O–H groups in total. The molecule has 0 spiro atoms. The van der Waals surface area contributed by atoms with Crippen LogP contribution in [0.1, 0.15) is 33.2 Å². The van der Waals surface area contributed by atoms with Crippen LogP contribution in [0.15, 0.2) is 218 Å². The molecule has 294 valence electrons. The molecule has 12 rings (SSSR count). The summed E-state index contributed by atoms with van der Waals surface area (Å²) in [5.74, 6) is 0. The van der Waals surface area contributed by atoms with Gasteiger partial charge in [0.1, 0.15) is 0 Å². The van der Waals surface area contributed by atoms with Gasteiger partial charge in [0.15, 0.2) is 0 Å². The van der Waals surface area contributed by atoms with E-state index in [2.05, 4.69) is 155 Å². The molecular weight excluding hydrogens is 749 g/mol. The Balaban J connectivity index is 0.872. The Morgan fingerprint density at radius 3 is 0.968 bits per heavy atom. The predicted molar refractivity (Wildman–Crippen MR) is 262 cm³/mol. The Kier molecular flexibility index (Phi) is 7.00. The highest BCUT2D eigenvalue weighted by Crippen LogP contribution is 2.43. The summed E-state index contributed by atoms with van der Waals surface area (Å²) in [6.45, 7) is 0. The Hall–Kier alpha value is -7.68. The van der Waals surface area contributed by atoms with Crippen LogP contribution in [-0.2, 0) is 25.5 Å². The molecule has 0 aromatic heterocycles. The van der Waals surface area contributed by atoms with E-state index >= 15 is 0 Å². The molecule has 0 bridgehead atoms. The summed E-state index contributed by atoms with van der Waals surface area (Å²) in [5, 5.41) is 4.48. The van der Waals surface area contributed by atoms with E-state index in [0.29, 0.717) is 22.3 Å². The lowest BCUT2D eigenvalue weighted by Gasteiger charge is -2.28. The molecule has 0 heterocycles. The summed E-state index contributed by atoms with van der Waals surface area (Å²) >= 11 is 0. The summed E-state index contributed by atoms with van der Waals surface area (Å²) in [5.41, 5.74) is 13.2. The molecule has 2 aliphatic rings. The van der Waals surface area contributed by atoms with E-state index in [1.54, 1.807) is 24.3 Å². The van der Waals surface area contributed by atoms with Crippen LogP contribution in [-0.4, -0.2) is 0 Å². The van der Waals surface area contributed by atoms with Crippen LogP contribution < -0.4 is 9.80 Å². The molecule has 0 fully saturated rings. The van der Waals surface area contributed by atoms with Crippen molar-refractivity contribution >= 4 is 55.7 Å². The zero-order valence-electron chi connectivity index (χ0n) is 41.7. The molecule has 0 radical (unpaired) electrons. The van der Waals surface area contributed by atoms with Crippen LogP contribution in [0.5, 0.6) is 0 Å². The fourth-order valence-corrected chi connectivity index (χ4v) is 8.89. The second-order valence-corrected chi connectivity index (χ2v) is 15.9. The van der Waals surface area contributed by atoms with Gasteiger partial charge < -0.3 is 9.80 Å². The summed E-state index contributed by atoms with van der Waals surface area (Å²) in [6.07, 6.45) is -8.09. The molecule has 2 heteroatoms. The highest BCUT2D eigenvalue weighted by Gasteiger charge is 2.20. The maximum atomic E-state index is 8.37. The number of anilines is 6. The second kappa shape index (κ2) is 15.1. The van der Waals surface area contributed by atoms with E-state index in [0.717, 1.165) is 89.0 Å². The first kappa shape index (κ1) is 28.7. The van der Waals surface area contributed by atoms with Crippen molar-refractivity contribution in [1.82, 2.24) is 0 Å². The SMILES string of the molecule is [2H]C1([2H])c2ccc(-c3ccc(N(c4ccc(-c5ccc(N(c6ccc(-c7ccc8c(c7)C([2H])([2H])C8([2H])[2H])cc6)c6cccc7ccccc67)cc5)cc4)c4cccc5ccccc45)cc3)cc2C1([2H])[2H]. The van der Waals surface area contributed by atoms with Crippen LogP contribution in [0.25, 0.3) is 54.9 Å². The van der Waals surface area contributed by atoms with Gasteiger partial charge in [-0.2, -0.15) is 0 Å².